The van der Waals surface area contributed by atoms with E-state index in [1.54, 1.807) is 6.20 Å². The van der Waals surface area contributed by atoms with Crippen LogP contribution in [0, 0.1) is 0 Å². The summed E-state index contributed by atoms with van der Waals surface area (Å²) in [6, 6.07) is 16.1. The van der Waals surface area contributed by atoms with Crippen molar-refractivity contribution in [3.05, 3.63) is 66.0 Å². The van der Waals surface area contributed by atoms with E-state index < -0.39 is 0 Å². The Morgan fingerprint density at radius 3 is 2.52 bits per heavy atom. The average Bonchev–Trinajstić information content (AvgIpc) is 2.74. The third kappa shape index (κ3) is 7.31. The van der Waals surface area contributed by atoms with Crippen LogP contribution in [0.15, 0.2) is 54.7 Å². The first-order valence-electron chi connectivity index (χ1n) is 10.4. The van der Waals surface area contributed by atoms with Crippen LogP contribution in [-0.4, -0.2) is 47.9 Å². The van der Waals surface area contributed by atoms with Gasteiger partial charge in [-0.05, 0) is 42.9 Å². The molecule has 2 amide bonds. The Balaban J connectivity index is 1.63. The lowest BCUT2D eigenvalue weighted by Crippen LogP contribution is -2.39. The maximum Gasteiger partial charge on any atom is 0.234 e. The van der Waals surface area contributed by atoms with Crippen LogP contribution in [0.3, 0.4) is 0 Å². The molecule has 2 N–H and O–H groups in total. The van der Waals surface area contributed by atoms with Gasteiger partial charge in [0.25, 0.3) is 0 Å². The minimum Gasteiger partial charge on any atom is -0.356 e. The molecule has 0 spiro atoms. The lowest BCUT2D eigenvalue weighted by molar-refractivity contribution is -0.123. The molecule has 1 atom stereocenters. The summed E-state index contributed by atoms with van der Waals surface area (Å²) in [5.41, 5.74) is 2.16. The standard InChI is InChI=1S/C23H30N4O2/c28-22-11-10-20(19-7-2-1-3-8-19)12-15-26-23(29)18-27(16-6-14-25-22)17-21-9-4-5-13-24-21/h1-5,7-9,13,20H,6,10-12,14-18H2,(H,25,28)(H,26,29). The van der Waals surface area contributed by atoms with Crippen molar-refractivity contribution in [2.75, 3.05) is 26.2 Å². The van der Waals surface area contributed by atoms with Gasteiger partial charge in [0.15, 0.2) is 0 Å². The molecule has 1 aromatic carbocycles. The van der Waals surface area contributed by atoms with Gasteiger partial charge in [0, 0.05) is 38.8 Å². The monoisotopic (exact) mass is 394 g/mol. The van der Waals surface area contributed by atoms with Crippen LogP contribution in [-0.2, 0) is 16.1 Å². The van der Waals surface area contributed by atoms with E-state index in [1.807, 2.05) is 36.4 Å². The molecular formula is C23H30N4O2. The van der Waals surface area contributed by atoms with Gasteiger partial charge in [-0.3, -0.25) is 19.5 Å². The summed E-state index contributed by atoms with van der Waals surface area (Å²) in [6.07, 6.45) is 4.68. The lowest BCUT2D eigenvalue weighted by Gasteiger charge is -2.23. The Morgan fingerprint density at radius 2 is 1.72 bits per heavy atom. The molecule has 1 unspecified atom stereocenters. The average molecular weight is 395 g/mol. The molecule has 6 heteroatoms. The molecule has 2 heterocycles. The highest BCUT2D eigenvalue weighted by Crippen LogP contribution is 2.24. The van der Waals surface area contributed by atoms with Crippen LogP contribution in [0.25, 0.3) is 0 Å². The second-order valence-electron chi connectivity index (χ2n) is 7.52. The van der Waals surface area contributed by atoms with Crippen molar-refractivity contribution in [2.45, 2.75) is 38.1 Å². The van der Waals surface area contributed by atoms with Crippen LogP contribution in [0.5, 0.6) is 0 Å². The predicted molar refractivity (Wildman–Crippen MR) is 113 cm³/mol. The number of hydrogen-bond acceptors (Lipinski definition) is 4. The van der Waals surface area contributed by atoms with Gasteiger partial charge in [-0.2, -0.15) is 0 Å². The van der Waals surface area contributed by atoms with E-state index in [0.717, 1.165) is 31.5 Å². The minimum absolute atomic E-state index is 0.0360. The van der Waals surface area contributed by atoms with E-state index >= 15 is 0 Å². The molecule has 2 aromatic rings. The quantitative estimate of drug-likeness (QED) is 0.839. The fourth-order valence-corrected chi connectivity index (χ4v) is 3.71. The molecular weight excluding hydrogens is 364 g/mol. The number of hydrogen-bond donors (Lipinski definition) is 2. The summed E-state index contributed by atoms with van der Waals surface area (Å²) in [4.78, 5) is 31.2. The fraction of sp³-hybridized carbons (Fsp3) is 0.435. The molecule has 1 fully saturated rings. The number of nitrogens with one attached hydrogen (secondary N) is 2. The molecule has 0 bridgehead atoms. The highest BCUT2D eigenvalue weighted by atomic mass is 16.2. The van der Waals surface area contributed by atoms with Gasteiger partial charge in [-0.25, -0.2) is 0 Å². The van der Waals surface area contributed by atoms with Gasteiger partial charge < -0.3 is 10.6 Å². The van der Waals surface area contributed by atoms with Crippen molar-refractivity contribution in [3.63, 3.8) is 0 Å². The van der Waals surface area contributed by atoms with Gasteiger partial charge in [-0.1, -0.05) is 36.4 Å². The molecule has 0 saturated carbocycles. The van der Waals surface area contributed by atoms with Crippen LogP contribution < -0.4 is 10.6 Å². The number of aromatic nitrogens is 1. The van der Waals surface area contributed by atoms with E-state index in [2.05, 4.69) is 32.7 Å². The maximum atomic E-state index is 12.5. The first-order chi connectivity index (χ1) is 14.2. The third-order valence-corrected chi connectivity index (χ3v) is 5.26. The Hall–Kier alpha value is -2.73. The smallest absolute Gasteiger partial charge is 0.234 e. The summed E-state index contributed by atoms with van der Waals surface area (Å²) in [6.45, 7) is 2.92. The molecule has 29 heavy (non-hydrogen) atoms. The summed E-state index contributed by atoms with van der Waals surface area (Å²) in [5, 5.41) is 6.08. The number of nitrogens with zero attached hydrogens (tertiary/aromatic N) is 2. The summed E-state index contributed by atoms with van der Waals surface area (Å²) >= 11 is 0. The number of amides is 2. The molecule has 1 aromatic heterocycles. The minimum atomic E-state index is 0.0360. The zero-order valence-corrected chi connectivity index (χ0v) is 16.8. The second-order valence-corrected chi connectivity index (χ2v) is 7.52. The normalized spacial score (nSPS) is 20.3. The van der Waals surface area contributed by atoms with Crippen LogP contribution in [0.4, 0.5) is 0 Å². The van der Waals surface area contributed by atoms with Gasteiger partial charge >= 0.3 is 0 Å². The lowest BCUT2D eigenvalue weighted by atomic mass is 9.91. The van der Waals surface area contributed by atoms with E-state index in [-0.39, 0.29) is 17.7 Å². The van der Waals surface area contributed by atoms with E-state index in [0.29, 0.717) is 32.6 Å². The number of benzene rings is 1. The highest BCUT2D eigenvalue weighted by molar-refractivity contribution is 5.78. The highest BCUT2D eigenvalue weighted by Gasteiger charge is 2.17. The number of carbonyl (C=O) groups excluding carboxylic acids is 2. The Labute approximate surface area is 172 Å². The van der Waals surface area contributed by atoms with Crippen molar-refractivity contribution in [2.24, 2.45) is 0 Å². The summed E-state index contributed by atoms with van der Waals surface area (Å²) in [5.74, 6) is 0.395. The molecule has 1 saturated heterocycles. The van der Waals surface area contributed by atoms with Crippen LogP contribution >= 0.6 is 0 Å². The molecule has 3 rings (SSSR count). The van der Waals surface area contributed by atoms with Gasteiger partial charge in [0.2, 0.25) is 11.8 Å². The zero-order chi connectivity index (χ0) is 20.3. The molecule has 154 valence electrons. The first kappa shape index (κ1) is 21.0. The maximum absolute atomic E-state index is 12.5. The predicted octanol–water partition coefficient (Wildman–Crippen LogP) is 2.47. The Morgan fingerprint density at radius 1 is 0.931 bits per heavy atom. The molecule has 1 aliphatic rings. The van der Waals surface area contributed by atoms with Crippen molar-refractivity contribution in [1.29, 1.82) is 0 Å². The second kappa shape index (κ2) is 11.3. The summed E-state index contributed by atoms with van der Waals surface area (Å²) < 4.78 is 0. The van der Waals surface area contributed by atoms with Gasteiger partial charge in [0.1, 0.15) is 0 Å². The number of pyridine rings is 1. The van der Waals surface area contributed by atoms with Crippen molar-refractivity contribution < 1.29 is 9.59 Å². The fourth-order valence-electron chi connectivity index (χ4n) is 3.71. The molecule has 1 aliphatic heterocycles. The van der Waals surface area contributed by atoms with Gasteiger partial charge in [0.05, 0.1) is 12.2 Å². The van der Waals surface area contributed by atoms with Crippen LogP contribution in [0.1, 0.15) is 42.9 Å². The topological polar surface area (TPSA) is 74.3 Å². The van der Waals surface area contributed by atoms with E-state index in [1.165, 1.54) is 5.56 Å². The van der Waals surface area contributed by atoms with Crippen LogP contribution in [0.2, 0.25) is 0 Å². The molecule has 0 radical (unpaired) electrons. The first-order valence-corrected chi connectivity index (χ1v) is 10.4. The zero-order valence-electron chi connectivity index (χ0n) is 16.8. The molecule has 6 nitrogen and oxygen atoms in total. The van der Waals surface area contributed by atoms with E-state index in [9.17, 15) is 9.59 Å². The van der Waals surface area contributed by atoms with E-state index in [4.69, 9.17) is 0 Å². The Kier molecular flexibility index (Phi) is 8.19. The largest absolute Gasteiger partial charge is 0.356 e. The van der Waals surface area contributed by atoms with Gasteiger partial charge in [-0.15, -0.1) is 0 Å². The Bertz CT molecular complexity index is 767. The van der Waals surface area contributed by atoms with Crippen molar-refractivity contribution in [3.8, 4) is 0 Å². The number of rotatable bonds is 3. The van der Waals surface area contributed by atoms with Crippen molar-refractivity contribution in [1.82, 2.24) is 20.5 Å². The third-order valence-electron chi connectivity index (χ3n) is 5.26. The SMILES string of the molecule is O=C1CCC(c2ccccc2)CCNC(=O)CN(Cc2ccccn2)CCCN1. The summed E-state index contributed by atoms with van der Waals surface area (Å²) in [7, 11) is 0. The molecule has 0 aliphatic carbocycles. The number of carbonyl (C=O) groups is 2. The van der Waals surface area contributed by atoms with Crippen molar-refractivity contribution >= 4 is 11.8 Å².